The van der Waals surface area contributed by atoms with E-state index in [4.69, 9.17) is 27.9 Å². The fourth-order valence-electron chi connectivity index (χ4n) is 2.82. The molecular formula is C17H21Cl2NO3. The van der Waals surface area contributed by atoms with Gasteiger partial charge in [-0.15, -0.1) is 0 Å². The van der Waals surface area contributed by atoms with Gasteiger partial charge in [-0.2, -0.15) is 0 Å². The van der Waals surface area contributed by atoms with E-state index in [0.29, 0.717) is 21.5 Å². The Hall–Kier alpha value is -1.26. The first-order valence-corrected chi connectivity index (χ1v) is 8.61. The van der Waals surface area contributed by atoms with Crippen LogP contribution in [0.3, 0.4) is 0 Å². The number of rotatable bonds is 5. The van der Waals surface area contributed by atoms with Crippen LogP contribution in [0.4, 0.5) is 0 Å². The summed E-state index contributed by atoms with van der Waals surface area (Å²) in [7, 11) is 0. The van der Waals surface area contributed by atoms with Gasteiger partial charge in [0.1, 0.15) is 0 Å². The van der Waals surface area contributed by atoms with E-state index in [1.807, 2.05) is 0 Å². The maximum atomic E-state index is 11.9. The van der Waals surface area contributed by atoms with E-state index >= 15 is 0 Å². The van der Waals surface area contributed by atoms with Crippen molar-refractivity contribution < 1.29 is 14.3 Å². The second-order valence-electron chi connectivity index (χ2n) is 5.97. The van der Waals surface area contributed by atoms with Gasteiger partial charge >= 0.3 is 5.97 Å². The first-order valence-electron chi connectivity index (χ1n) is 7.85. The molecule has 126 valence electrons. The maximum Gasteiger partial charge on any atom is 0.310 e. The highest BCUT2D eigenvalue weighted by Crippen LogP contribution is 2.25. The molecule has 1 aromatic carbocycles. The molecule has 6 heteroatoms. The predicted octanol–water partition coefficient (Wildman–Crippen LogP) is 3.77. The Labute approximate surface area is 146 Å². The highest BCUT2D eigenvalue weighted by atomic mass is 35.5. The lowest BCUT2D eigenvalue weighted by molar-refractivity contribution is -0.148. The number of carbonyl (C=O) groups excluding carboxylic acids is 2. The van der Waals surface area contributed by atoms with Crippen LogP contribution in [0.5, 0.6) is 0 Å². The summed E-state index contributed by atoms with van der Waals surface area (Å²) in [4.78, 5) is 23.8. The van der Waals surface area contributed by atoms with Gasteiger partial charge in [0.2, 0.25) is 0 Å². The smallest absolute Gasteiger partial charge is 0.310 e. The summed E-state index contributed by atoms with van der Waals surface area (Å²) in [6, 6.07) is 5.20. The Bertz CT molecular complexity index is 557. The summed E-state index contributed by atoms with van der Waals surface area (Å²) in [5, 5.41) is 3.77. The number of esters is 1. The van der Waals surface area contributed by atoms with E-state index in [0.717, 1.165) is 19.3 Å². The number of halogens is 2. The molecule has 1 N–H and O–H groups in total. The van der Waals surface area contributed by atoms with E-state index in [1.54, 1.807) is 18.2 Å². The van der Waals surface area contributed by atoms with Gasteiger partial charge < -0.3 is 10.1 Å². The molecule has 0 spiro atoms. The van der Waals surface area contributed by atoms with Crippen LogP contribution in [-0.2, 0) is 20.7 Å². The van der Waals surface area contributed by atoms with Gasteiger partial charge in [0.25, 0.3) is 5.91 Å². The van der Waals surface area contributed by atoms with Gasteiger partial charge in [0.15, 0.2) is 6.61 Å². The molecule has 0 aliphatic heterocycles. The number of hydrogen-bond acceptors (Lipinski definition) is 3. The zero-order chi connectivity index (χ0) is 16.8. The van der Waals surface area contributed by atoms with Crippen LogP contribution < -0.4 is 5.32 Å². The average Bonchev–Trinajstić information content (AvgIpc) is 2.51. The molecule has 0 radical (unpaired) electrons. The van der Waals surface area contributed by atoms with Crippen LogP contribution in [0.2, 0.25) is 10.0 Å². The van der Waals surface area contributed by atoms with Crippen LogP contribution in [0, 0.1) is 5.92 Å². The van der Waals surface area contributed by atoms with Crippen LogP contribution in [0.1, 0.15) is 38.2 Å². The second kappa shape index (κ2) is 8.55. The molecule has 1 aliphatic carbocycles. The minimum Gasteiger partial charge on any atom is -0.455 e. The van der Waals surface area contributed by atoms with Crippen molar-refractivity contribution in [3.05, 3.63) is 33.8 Å². The zero-order valence-electron chi connectivity index (χ0n) is 13.1. The van der Waals surface area contributed by atoms with Crippen molar-refractivity contribution in [3.8, 4) is 0 Å². The van der Waals surface area contributed by atoms with Crippen LogP contribution in [-0.4, -0.2) is 24.5 Å². The number of ether oxygens (including phenoxy) is 1. The summed E-state index contributed by atoms with van der Waals surface area (Å²) >= 11 is 12.0. The van der Waals surface area contributed by atoms with E-state index in [9.17, 15) is 9.59 Å². The minimum absolute atomic E-state index is 0.0500. The lowest BCUT2D eigenvalue weighted by Gasteiger charge is -2.29. The molecule has 2 rings (SSSR count). The Kier molecular flexibility index (Phi) is 6.72. The van der Waals surface area contributed by atoms with E-state index in [1.165, 1.54) is 6.42 Å². The van der Waals surface area contributed by atoms with Crippen molar-refractivity contribution in [1.29, 1.82) is 0 Å². The van der Waals surface area contributed by atoms with Crippen molar-refractivity contribution in [2.24, 2.45) is 5.92 Å². The van der Waals surface area contributed by atoms with Crippen molar-refractivity contribution in [2.45, 2.75) is 45.1 Å². The standard InChI is InChI=1S/C17H21Cl2NO3/c1-11-5-2-3-8-15(11)20-16(21)10-23-17(22)9-12-13(18)6-4-7-14(12)19/h4,6-7,11,15H,2-3,5,8-10H2,1H3,(H,20,21)/t11-,15+/m0/s1. The number of amides is 1. The van der Waals surface area contributed by atoms with E-state index in [-0.39, 0.29) is 25.0 Å². The normalized spacial score (nSPS) is 20.8. The van der Waals surface area contributed by atoms with Gasteiger partial charge in [-0.1, -0.05) is 49.0 Å². The van der Waals surface area contributed by atoms with Crippen LogP contribution >= 0.6 is 23.2 Å². The number of carbonyl (C=O) groups is 2. The molecule has 0 bridgehead atoms. The monoisotopic (exact) mass is 357 g/mol. The molecule has 0 unspecified atom stereocenters. The topological polar surface area (TPSA) is 55.4 Å². The van der Waals surface area contributed by atoms with Gasteiger partial charge in [-0.3, -0.25) is 9.59 Å². The molecule has 1 saturated carbocycles. The fourth-order valence-corrected chi connectivity index (χ4v) is 3.35. The average molecular weight is 358 g/mol. The lowest BCUT2D eigenvalue weighted by Crippen LogP contribution is -2.43. The summed E-state index contributed by atoms with van der Waals surface area (Å²) in [6.45, 7) is 1.86. The van der Waals surface area contributed by atoms with Crippen molar-refractivity contribution in [2.75, 3.05) is 6.61 Å². The summed E-state index contributed by atoms with van der Waals surface area (Å²) < 4.78 is 5.03. The fraction of sp³-hybridized carbons (Fsp3) is 0.529. The molecule has 1 fully saturated rings. The second-order valence-corrected chi connectivity index (χ2v) is 6.79. The maximum absolute atomic E-state index is 11.9. The summed E-state index contributed by atoms with van der Waals surface area (Å²) in [5.41, 5.74) is 0.516. The molecule has 1 aliphatic rings. The van der Waals surface area contributed by atoms with Crippen LogP contribution in [0.15, 0.2) is 18.2 Å². The first-order chi connectivity index (χ1) is 11.0. The third kappa shape index (κ3) is 5.40. The Morgan fingerprint density at radius 2 is 1.87 bits per heavy atom. The highest BCUT2D eigenvalue weighted by molar-refractivity contribution is 6.36. The molecule has 1 amide bonds. The quantitative estimate of drug-likeness (QED) is 0.815. The molecule has 0 heterocycles. The molecule has 0 saturated heterocycles. The zero-order valence-corrected chi connectivity index (χ0v) is 14.6. The SMILES string of the molecule is C[C@H]1CCCC[C@H]1NC(=O)COC(=O)Cc1c(Cl)cccc1Cl. The lowest BCUT2D eigenvalue weighted by atomic mass is 9.86. The number of hydrogen-bond donors (Lipinski definition) is 1. The van der Waals surface area contributed by atoms with Crippen molar-refractivity contribution in [1.82, 2.24) is 5.32 Å². The Balaban J connectivity index is 1.78. The molecule has 2 atom stereocenters. The Morgan fingerprint density at radius 3 is 2.52 bits per heavy atom. The largest absolute Gasteiger partial charge is 0.455 e. The first kappa shape index (κ1) is 18.1. The summed E-state index contributed by atoms with van der Waals surface area (Å²) in [5.74, 6) is -0.320. The van der Waals surface area contributed by atoms with E-state index < -0.39 is 5.97 Å². The molecule has 0 aromatic heterocycles. The van der Waals surface area contributed by atoms with Crippen LogP contribution in [0.25, 0.3) is 0 Å². The van der Waals surface area contributed by atoms with Gasteiger partial charge in [-0.25, -0.2) is 0 Å². The van der Waals surface area contributed by atoms with Crippen molar-refractivity contribution in [3.63, 3.8) is 0 Å². The Morgan fingerprint density at radius 1 is 1.22 bits per heavy atom. The molecule has 1 aromatic rings. The molecule has 4 nitrogen and oxygen atoms in total. The summed E-state index contributed by atoms with van der Waals surface area (Å²) in [6.07, 6.45) is 4.39. The number of benzene rings is 1. The van der Waals surface area contributed by atoms with E-state index in [2.05, 4.69) is 12.2 Å². The predicted molar refractivity (Wildman–Crippen MR) is 90.7 cm³/mol. The third-order valence-corrected chi connectivity index (χ3v) is 4.91. The third-order valence-electron chi connectivity index (χ3n) is 4.20. The molecular weight excluding hydrogens is 337 g/mol. The highest BCUT2D eigenvalue weighted by Gasteiger charge is 2.23. The number of nitrogens with one attached hydrogen (secondary N) is 1. The van der Waals surface area contributed by atoms with Gasteiger partial charge in [0.05, 0.1) is 6.42 Å². The van der Waals surface area contributed by atoms with Gasteiger partial charge in [0, 0.05) is 21.7 Å². The van der Waals surface area contributed by atoms with Crippen molar-refractivity contribution >= 4 is 35.1 Å². The molecule has 23 heavy (non-hydrogen) atoms. The van der Waals surface area contributed by atoms with Gasteiger partial charge in [-0.05, 0) is 30.9 Å². The minimum atomic E-state index is -0.521.